The van der Waals surface area contributed by atoms with Gasteiger partial charge in [0.1, 0.15) is 11.4 Å². The van der Waals surface area contributed by atoms with E-state index in [1.165, 1.54) is 0 Å². The van der Waals surface area contributed by atoms with Crippen molar-refractivity contribution in [2.45, 2.75) is 13.8 Å². The van der Waals surface area contributed by atoms with Crippen LogP contribution in [0, 0.1) is 0 Å². The molecule has 1 aliphatic rings. The van der Waals surface area contributed by atoms with Crippen LogP contribution in [0.5, 0.6) is 0 Å². The predicted octanol–water partition coefficient (Wildman–Crippen LogP) is 1.55. The third-order valence-electron chi connectivity index (χ3n) is 1.95. The second kappa shape index (κ2) is 3.21. The maximum atomic E-state index is 8.54. The van der Waals surface area contributed by atoms with Crippen LogP contribution < -0.4 is 0 Å². The summed E-state index contributed by atoms with van der Waals surface area (Å²) in [6, 6.07) is 0. The van der Waals surface area contributed by atoms with Crippen LogP contribution in [0.15, 0.2) is 33.6 Å². The van der Waals surface area contributed by atoms with Crippen LogP contribution in [0.3, 0.4) is 0 Å². The molecule has 0 radical (unpaired) electrons. The second-order valence-corrected chi connectivity index (χ2v) is 2.55. The maximum Gasteiger partial charge on any atom is 0.106 e. The molecule has 0 bridgehead atoms. The fraction of sp³-hybridized carbons (Fsp3) is 0.250. The van der Waals surface area contributed by atoms with Gasteiger partial charge in [-0.1, -0.05) is 10.3 Å². The van der Waals surface area contributed by atoms with Gasteiger partial charge in [-0.2, -0.15) is 0 Å². The summed E-state index contributed by atoms with van der Waals surface area (Å²) in [6.07, 6.45) is 3.19. The van der Waals surface area contributed by atoms with E-state index in [9.17, 15) is 0 Å². The van der Waals surface area contributed by atoms with Gasteiger partial charge in [-0.3, -0.25) is 0 Å². The number of rotatable bonds is 0. The predicted molar refractivity (Wildman–Crippen MR) is 46.0 cm³/mol. The molecule has 4 heteroatoms. The zero-order valence-electron chi connectivity index (χ0n) is 6.94. The lowest BCUT2D eigenvalue weighted by Crippen LogP contribution is -2.11. The van der Waals surface area contributed by atoms with Gasteiger partial charge >= 0.3 is 0 Å². The summed E-state index contributed by atoms with van der Waals surface area (Å²) in [4.78, 5) is 0. The molecule has 0 spiro atoms. The lowest BCUT2D eigenvalue weighted by molar-refractivity contribution is 0.318. The lowest BCUT2D eigenvalue weighted by Gasteiger charge is -2.10. The topological polar surface area (TPSA) is 65.2 Å². The number of hydrogen-bond acceptors (Lipinski definition) is 4. The quantitative estimate of drug-likeness (QED) is 0.326. The highest BCUT2D eigenvalue weighted by Gasteiger charge is 2.12. The summed E-state index contributed by atoms with van der Waals surface area (Å²) < 4.78 is 0. The molecule has 0 unspecified atom stereocenters. The maximum absolute atomic E-state index is 8.54. The van der Waals surface area contributed by atoms with Crippen molar-refractivity contribution in [1.82, 2.24) is 0 Å². The zero-order chi connectivity index (χ0) is 9.14. The van der Waals surface area contributed by atoms with Crippen LogP contribution in [0.1, 0.15) is 13.8 Å². The molecular formula is C8H10N2O2. The molecule has 0 saturated carbocycles. The van der Waals surface area contributed by atoms with Crippen molar-refractivity contribution >= 4 is 11.4 Å². The highest BCUT2D eigenvalue weighted by Crippen LogP contribution is 2.14. The average Bonchev–Trinajstić information content (AvgIpc) is 2.10. The average molecular weight is 166 g/mol. The number of allylic oxidation sites excluding steroid dienone is 4. The van der Waals surface area contributed by atoms with Crippen LogP contribution in [0.4, 0.5) is 0 Å². The van der Waals surface area contributed by atoms with Gasteiger partial charge in [-0.05, 0) is 37.1 Å². The first-order chi connectivity index (χ1) is 5.70. The van der Waals surface area contributed by atoms with Crippen molar-refractivity contribution in [2.24, 2.45) is 10.3 Å². The Labute approximate surface area is 70.2 Å². The molecule has 0 aromatic carbocycles. The SMILES string of the molecule is CC1=C(C)C(=NO)C=CC1=NO. The molecule has 0 fully saturated rings. The molecular weight excluding hydrogens is 156 g/mol. The fourth-order valence-corrected chi connectivity index (χ4v) is 1.01. The van der Waals surface area contributed by atoms with Crippen LogP contribution >= 0.6 is 0 Å². The van der Waals surface area contributed by atoms with Gasteiger partial charge in [0, 0.05) is 0 Å². The fourth-order valence-electron chi connectivity index (χ4n) is 1.01. The monoisotopic (exact) mass is 166 g/mol. The minimum atomic E-state index is 0.500. The molecule has 12 heavy (non-hydrogen) atoms. The van der Waals surface area contributed by atoms with Crippen molar-refractivity contribution in [3.63, 3.8) is 0 Å². The summed E-state index contributed by atoms with van der Waals surface area (Å²) in [5, 5.41) is 23.2. The Hall–Kier alpha value is -1.58. The number of oxime groups is 2. The Balaban J connectivity index is 3.16. The first kappa shape index (κ1) is 8.52. The molecule has 0 saturated heterocycles. The molecule has 1 aliphatic carbocycles. The third-order valence-corrected chi connectivity index (χ3v) is 1.95. The molecule has 0 heterocycles. The van der Waals surface area contributed by atoms with Gasteiger partial charge in [0.05, 0.1) is 0 Å². The summed E-state index contributed by atoms with van der Waals surface area (Å²) in [5.41, 5.74) is 2.63. The van der Waals surface area contributed by atoms with E-state index in [0.29, 0.717) is 11.4 Å². The Bertz CT molecular complexity index is 281. The van der Waals surface area contributed by atoms with Gasteiger partial charge in [0.2, 0.25) is 0 Å². The number of nitrogens with zero attached hydrogens (tertiary/aromatic N) is 2. The van der Waals surface area contributed by atoms with Crippen LogP contribution in [-0.4, -0.2) is 21.8 Å². The Morgan fingerprint density at radius 1 is 0.917 bits per heavy atom. The summed E-state index contributed by atoms with van der Waals surface area (Å²) >= 11 is 0. The van der Waals surface area contributed by atoms with Gasteiger partial charge < -0.3 is 10.4 Å². The normalized spacial score (nSPS) is 24.2. The van der Waals surface area contributed by atoms with Crippen LogP contribution in [0.2, 0.25) is 0 Å². The smallest absolute Gasteiger partial charge is 0.106 e. The summed E-state index contributed by atoms with van der Waals surface area (Å²) in [6.45, 7) is 3.61. The Morgan fingerprint density at radius 3 is 1.50 bits per heavy atom. The van der Waals surface area contributed by atoms with E-state index in [1.807, 2.05) is 0 Å². The molecule has 2 N–H and O–H groups in total. The van der Waals surface area contributed by atoms with E-state index in [2.05, 4.69) is 10.3 Å². The largest absolute Gasteiger partial charge is 0.410 e. The highest BCUT2D eigenvalue weighted by molar-refractivity contribution is 6.23. The van der Waals surface area contributed by atoms with Gasteiger partial charge in [0.25, 0.3) is 0 Å². The van der Waals surface area contributed by atoms with Crippen molar-refractivity contribution in [1.29, 1.82) is 0 Å². The van der Waals surface area contributed by atoms with Crippen molar-refractivity contribution in [3.8, 4) is 0 Å². The van der Waals surface area contributed by atoms with E-state index in [1.54, 1.807) is 26.0 Å². The molecule has 1 rings (SSSR count). The number of hydrogen-bond donors (Lipinski definition) is 2. The Morgan fingerprint density at radius 2 is 1.25 bits per heavy atom. The first-order valence-electron chi connectivity index (χ1n) is 3.51. The standard InChI is InChI=1S/C8H10N2O2/c1-5-6(2)8(10-12)4-3-7(5)9-11/h3-4,11-12H,1-2H3. The first-order valence-corrected chi connectivity index (χ1v) is 3.51. The molecule has 64 valence electrons. The molecule has 0 atom stereocenters. The molecule has 4 nitrogen and oxygen atoms in total. The van der Waals surface area contributed by atoms with E-state index in [0.717, 1.165) is 11.1 Å². The van der Waals surface area contributed by atoms with Crippen LogP contribution in [-0.2, 0) is 0 Å². The minimum absolute atomic E-state index is 0.500. The highest BCUT2D eigenvalue weighted by atomic mass is 16.4. The van der Waals surface area contributed by atoms with Gasteiger partial charge in [0.15, 0.2) is 0 Å². The van der Waals surface area contributed by atoms with Crippen molar-refractivity contribution in [2.75, 3.05) is 0 Å². The third kappa shape index (κ3) is 1.23. The second-order valence-electron chi connectivity index (χ2n) is 2.55. The summed E-state index contributed by atoms with van der Waals surface area (Å²) in [5.74, 6) is 0. The van der Waals surface area contributed by atoms with Gasteiger partial charge in [-0.15, -0.1) is 0 Å². The van der Waals surface area contributed by atoms with Crippen molar-refractivity contribution < 1.29 is 10.4 Å². The summed E-state index contributed by atoms with van der Waals surface area (Å²) in [7, 11) is 0. The van der Waals surface area contributed by atoms with E-state index < -0.39 is 0 Å². The van der Waals surface area contributed by atoms with Crippen LogP contribution in [0.25, 0.3) is 0 Å². The zero-order valence-corrected chi connectivity index (χ0v) is 6.94. The van der Waals surface area contributed by atoms with E-state index >= 15 is 0 Å². The molecule has 0 aromatic rings. The minimum Gasteiger partial charge on any atom is -0.410 e. The van der Waals surface area contributed by atoms with Crippen molar-refractivity contribution in [3.05, 3.63) is 23.3 Å². The Kier molecular flexibility index (Phi) is 2.28. The van der Waals surface area contributed by atoms with E-state index in [-0.39, 0.29) is 0 Å². The molecule has 0 aromatic heterocycles. The molecule has 0 aliphatic heterocycles. The van der Waals surface area contributed by atoms with Gasteiger partial charge in [-0.25, -0.2) is 0 Å². The van der Waals surface area contributed by atoms with E-state index in [4.69, 9.17) is 10.4 Å². The molecule has 0 amide bonds. The lowest BCUT2D eigenvalue weighted by atomic mass is 9.96.